The first-order valence-corrected chi connectivity index (χ1v) is 12.1. The van der Waals surface area contributed by atoms with E-state index < -0.39 is 22.7 Å². The summed E-state index contributed by atoms with van der Waals surface area (Å²) in [6, 6.07) is 22.7. The third-order valence-corrected chi connectivity index (χ3v) is 5.82. The van der Waals surface area contributed by atoms with Gasteiger partial charge in [-0.15, -0.1) is 0 Å². The first kappa shape index (κ1) is 26.6. The zero-order chi connectivity index (χ0) is 28.8. The van der Waals surface area contributed by atoms with Crippen LogP contribution in [-0.2, 0) is 0 Å². The van der Waals surface area contributed by atoms with Crippen LogP contribution in [0.2, 0.25) is 0 Å². The van der Waals surface area contributed by atoms with E-state index in [1.165, 1.54) is 48.7 Å². The van der Waals surface area contributed by atoms with E-state index in [-0.39, 0.29) is 34.9 Å². The molecule has 204 valence electrons. The van der Waals surface area contributed by atoms with Crippen LogP contribution in [0.5, 0.6) is 17.2 Å². The van der Waals surface area contributed by atoms with E-state index in [9.17, 15) is 24.5 Å². The van der Waals surface area contributed by atoms with Gasteiger partial charge in [-0.25, -0.2) is 10.2 Å². The molecule has 0 unspecified atom stereocenters. The van der Waals surface area contributed by atoms with Gasteiger partial charge in [-0.05, 0) is 60.7 Å². The summed E-state index contributed by atoms with van der Waals surface area (Å²) in [5, 5.41) is 17.4. The van der Waals surface area contributed by atoms with Crippen molar-refractivity contribution < 1.29 is 33.5 Å². The Hall–Kier alpha value is -6.04. The van der Waals surface area contributed by atoms with Crippen LogP contribution < -0.4 is 25.0 Å². The summed E-state index contributed by atoms with van der Waals surface area (Å²) in [4.78, 5) is 48.1. The molecule has 0 radical (unpaired) electrons. The maximum atomic E-state index is 12.7. The number of amides is 2. The van der Waals surface area contributed by atoms with Crippen molar-refractivity contribution in [3.63, 3.8) is 0 Å². The second kappa shape index (κ2) is 11.8. The van der Waals surface area contributed by atoms with Gasteiger partial charge >= 0.3 is 5.97 Å². The largest absolute Gasteiger partial charge is 0.454 e. The number of nitrogens with one attached hydrogen (secondary N) is 2. The second-order valence-corrected chi connectivity index (χ2v) is 8.53. The molecular formula is C29H20N4O8. The van der Waals surface area contributed by atoms with Gasteiger partial charge in [0.1, 0.15) is 5.75 Å². The quantitative estimate of drug-likeness (QED) is 0.106. The monoisotopic (exact) mass is 552 g/mol. The average molecular weight is 552 g/mol. The first-order valence-electron chi connectivity index (χ1n) is 12.1. The molecule has 0 bridgehead atoms. The van der Waals surface area contributed by atoms with Crippen molar-refractivity contribution in [1.29, 1.82) is 0 Å². The number of carbonyl (C=O) groups is 3. The molecule has 0 aromatic heterocycles. The van der Waals surface area contributed by atoms with E-state index in [0.717, 1.165) is 0 Å². The standard InChI is InChI=1S/C29H20N4O8/c34-27(18-8-11-23(12-9-18)33(37)38)31-22-6-3-5-19(14-22)28(35)32-30-16-21-4-1-2-7-24(21)41-29(36)20-10-13-25-26(15-20)40-17-39-25/h1-16H,17H2,(H,31,34)(H,32,35). The maximum Gasteiger partial charge on any atom is 0.343 e. The normalized spacial score (nSPS) is 11.6. The summed E-state index contributed by atoms with van der Waals surface area (Å²) in [7, 11) is 0. The molecule has 1 heterocycles. The number of ether oxygens (including phenoxy) is 3. The number of esters is 1. The highest BCUT2D eigenvalue weighted by Gasteiger charge is 2.18. The molecule has 12 nitrogen and oxygen atoms in total. The summed E-state index contributed by atoms with van der Waals surface area (Å²) in [5.74, 6) is -0.441. The lowest BCUT2D eigenvalue weighted by molar-refractivity contribution is -0.384. The van der Waals surface area contributed by atoms with Crippen LogP contribution in [0.4, 0.5) is 11.4 Å². The number of nitro benzene ring substituents is 1. The van der Waals surface area contributed by atoms with Crippen LogP contribution in [-0.4, -0.2) is 35.7 Å². The van der Waals surface area contributed by atoms with Gasteiger partial charge in [0.25, 0.3) is 17.5 Å². The highest BCUT2D eigenvalue weighted by molar-refractivity contribution is 6.05. The van der Waals surface area contributed by atoms with Crippen molar-refractivity contribution in [2.24, 2.45) is 5.10 Å². The lowest BCUT2D eigenvalue weighted by atomic mass is 10.1. The highest BCUT2D eigenvalue weighted by Crippen LogP contribution is 2.33. The Morgan fingerprint density at radius 3 is 2.39 bits per heavy atom. The first-order chi connectivity index (χ1) is 19.9. The summed E-state index contributed by atoms with van der Waals surface area (Å²) < 4.78 is 16.1. The number of carbonyl (C=O) groups excluding carboxylic acids is 3. The van der Waals surface area contributed by atoms with Crippen LogP contribution >= 0.6 is 0 Å². The molecular weight excluding hydrogens is 532 g/mol. The lowest BCUT2D eigenvalue weighted by Crippen LogP contribution is -2.18. The number of fused-ring (bicyclic) bond motifs is 1. The molecule has 4 aromatic rings. The van der Waals surface area contributed by atoms with E-state index in [1.807, 2.05) is 0 Å². The molecule has 41 heavy (non-hydrogen) atoms. The fraction of sp³-hybridized carbons (Fsp3) is 0.0345. The number of hydrazone groups is 1. The van der Waals surface area contributed by atoms with Gasteiger partial charge in [-0.1, -0.05) is 18.2 Å². The molecule has 4 aromatic carbocycles. The predicted octanol–water partition coefficient (Wildman–Crippen LogP) is 4.56. The third-order valence-electron chi connectivity index (χ3n) is 5.82. The highest BCUT2D eigenvalue weighted by atomic mass is 16.7. The molecule has 1 aliphatic heterocycles. The molecule has 12 heteroatoms. The van der Waals surface area contributed by atoms with Crippen LogP contribution in [0.1, 0.15) is 36.6 Å². The average Bonchev–Trinajstić information content (AvgIpc) is 3.46. The maximum absolute atomic E-state index is 12.7. The van der Waals surface area contributed by atoms with E-state index in [1.54, 1.807) is 48.5 Å². The van der Waals surface area contributed by atoms with Crippen molar-refractivity contribution in [3.8, 4) is 17.2 Å². The zero-order valence-corrected chi connectivity index (χ0v) is 21.1. The minimum absolute atomic E-state index is 0.0833. The number of rotatable bonds is 8. The molecule has 0 aliphatic carbocycles. The summed E-state index contributed by atoms with van der Waals surface area (Å²) in [6.45, 7) is 0.0833. The smallest absolute Gasteiger partial charge is 0.343 e. The van der Waals surface area contributed by atoms with E-state index in [2.05, 4.69) is 15.8 Å². The van der Waals surface area contributed by atoms with Crippen LogP contribution in [0.25, 0.3) is 0 Å². The lowest BCUT2D eigenvalue weighted by Gasteiger charge is -2.08. The summed E-state index contributed by atoms with van der Waals surface area (Å²) in [6.07, 6.45) is 1.33. The van der Waals surface area contributed by atoms with Gasteiger partial charge in [0.15, 0.2) is 11.5 Å². The Bertz CT molecular complexity index is 1680. The number of para-hydroxylation sites is 1. The second-order valence-electron chi connectivity index (χ2n) is 8.53. The Morgan fingerprint density at radius 2 is 1.59 bits per heavy atom. The molecule has 0 saturated carbocycles. The van der Waals surface area contributed by atoms with Gasteiger partial charge in [0, 0.05) is 34.5 Å². The predicted molar refractivity (Wildman–Crippen MR) is 147 cm³/mol. The number of nitro groups is 1. The van der Waals surface area contributed by atoms with Gasteiger partial charge < -0.3 is 19.5 Å². The van der Waals surface area contributed by atoms with Crippen molar-refractivity contribution >= 4 is 35.4 Å². The van der Waals surface area contributed by atoms with Crippen molar-refractivity contribution in [1.82, 2.24) is 5.43 Å². The fourth-order valence-electron chi connectivity index (χ4n) is 3.76. The molecule has 2 amide bonds. The van der Waals surface area contributed by atoms with Gasteiger partial charge in [-0.3, -0.25) is 19.7 Å². The van der Waals surface area contributed by atoms with Gasteiger partial charge in [0.05, 0.1) is 16.7 Å². The Labute approximate surface area is 232 Å². The third kappa shape index (κ3) is 6.34. The minimum atomic E-state index is -0.610. The van der Waals surface area contributed by atoms with Crippen molar-refractivity contribution in [3.05, 3.63) is 123 Å². The van der Waals surface area contributed by atoms with Crippen LogP contribution in [0.15, 0.2) is 96.1 Å². The van der Waals surface area contributed by atoms with E-state index in [4.69, 9.17) is 14.2 Å². The number of hydrogen-bond donors (Lipinski definition) is 2. The molecule has 0 atom stereocenters. The van der Waals surface area contributed by atoms with Gasteiger partial charge in [-0.2, -0.15) is 5.10 Å². The van der Waals surface area contributed by atoms with Crippen molar-refractivity contribution in [2.45, 2.75) is 0 Å². The van der Waals surface area contributed by atoms with Crippen molar-refractivity contribution in [2.75, 3.05) is 12.1 Å². The fourth-order valence-corrected chi connectivity index (χ4v) is 3.76. The zero-order valence-electron chi connectivity index (χ0n) is 21.1. The SMILES string of the molecule is O=C(NN=Cc1ccccc1OC(=O)c1ccc2c(c1)OCO2)c1cccc(NC(=O)c2ccc([N+](=O)[O-])cc2)c1. The number of nitrogens with zero attached hydrogens (tertiary/aromatic N) is 2. The van der Waals surface area contributed by atoms with E-state index >= 15 is 0 Å². The number of non-ortho nitro benzene ring substituents is 1. The van der Waals surface area contributed by atoms with Gasteiger partial charge in [0.2, 0.25) is 6.79 Å². The van der Waals surface area contributed by atoms with Crippen LogP contribution in [0, 0.1) is 10.1 Å². The molecule has 0 saturated heterocycles. The number of benzene rings is 4. The number of hydrogen-bond acceptors (Lipinski definition) is 9. The molecule has 1 aliphatic rings. The number of anilines is 1. The Morgan fingerprint density at radius 1 is 0.829 bits per heavy atom. The summed E-state index contributed by atoms with van der Waals surface area (Å²) in [5.41, 5.74) is 3.74. The Balaban J connectivity index is 1.21. The Kier molecular flexibility index (Phi) is 7.63. The molecule has 0 spiro atoms. The molecule has 0 fully saturated rings. The molecule has 5 rings (SSSR count). The topological polar surface area (TPSA) is 158 Å². The minimum Gasteiger partial charge on any atom is -0.454 e. The van der Waals surface area contributed by atoms with Crippen LogP contribution in [0.3, 0.4) is 0 Å². The summed E-state index contributed by atoms with van der Waals surface area (Å²) >= 11 is 0. The van der Waals surface area contributed by atoms with E-state index in [0.29, 0.717) is 22.7 Å². The molecule has 2 N–H and O–H groups in total.